The average Bonchev–Trinajstić information content (AvgIpc) is 3.05. The largest absolute Gasteiger partial charge is 0.507 e. The Bertz CT molecular complexity index is 1390. The number of ether oxygens (including phenoxy) is 2. The first kappa shape index (κ1) is 45.5. The Morgan fingerprint density at radius 1 is 0.809 bits per heavy atom. The van der Waals surface area contributed by atoms with Crippen molar-refractivity contribution in [3.63, 3.8) is 0 Å². The predicted molar refractivity (Wildman–Crippen MR) is 209 cm³/mol. The SMILES string of the molecule is C=C/C(C)=C(\C=C/C)OCC.CC.CCC.CCOc1cc#ccc1C.Cc1cc(C)c(O)c(-c2c(C)c(C)cc(C)c2OP)c1C. The van der Waals surface area contributed by atoms with Gasteiger partial charge in [-0.3, -0.25) is 0 Å². The van der Waals surface area contributed by atoms with Gasteiger partial charge in [0.15, 0.2) is 0 Å². The molecule has 5 heteroatoms. The maximum Gasteiger partial charge on any atom is 0.133 e. The van der Waals surface area contributed by atoms with Crippen LogP contribution in [0.15, 0.2) is 60.4 Å². The number of aromatic hydroxyl groups is 1. The number of benzene rings is 2. The lowest BCUT2D eigenvalue weighted by Gasteiger charge is -2.21. The second-order valence-corrected chi connectivity index (χ2v) is 11.0. The van der Waals surface area contributed by atoms with Crippen LogP contribution in [-0.2, 0) is 4.74 Å². The highest BCUT2D eigenvalue weighted by molar-refractivity contribution is 7.10. The Labute approximate surface area is 291 Å². The molecule has 0 fully saturated rings. The van der Waals surface area contributed by atoms with Crippen LogP contribution >= 0.6 is 9.47 Å². The normalized spacial score (nSPS) is 10.2. The minimum atomic E-state index is 0.342. The van der Waals surface area contributed by atoms with Crippen LogP contribution in [0.3, 0.4) is 0 Å². The first-order chi connectivity index (χ1) is 22.3. The molecule has 3 rings (SSSR count). The summed E-state index contributed by atoms with van der Waals surface area (Å²) in [6.45, 7) is 35.5. The summed E-state index contributed by atoms with van der Waals surface area (Å²) in [5.74, 6) is 2.97. The summed E-state index contributed by atoms with van der Waals surface area (Å²) in [6, 6.07) is 13.5. The van der Waals surface area contributed by atoms with Gasteiger partial charge in [0.05, 0.1) is 22.7 Å². The summed E-state index contributed by atoms with van der Waals surface area (Å²) in [5.41, 5.74) is 10.6. The third-order valence-electron chi connectivity index (χ3n) is 6.94. The Kier molecular flexibility index (Phi) is 24.6. The average molecular weight is 663 g/mol. The number of hydrogen-bond acceptors (Lipinski definition) is 4. The van der Waals surface area contributed by atoms with Crippen molar-refractivity contribution in [1.29, 1.82) is 0 Å². The van der Waals surface area contributed by atoms with Crippen molar-refractivity contribution in [2.75, 3.05) is 13.2 Å². The van der Waals surface area contributed by atoms with Crippen LogP contribution in [0.25, 0.3) is 11.1 Å². The van der Waals surface area contributed by atoms with E-state index in [1.807, 2.05) is 93.5 Å². The smallest absolute Gasteiger partial charge is 0.133 e. The van der Waals surface area contributed by atoms with Gasteiger partial charge in [-0.25, -0.2) is 0 Å². The number of phenolic OH excluding ortho intramolecular Hbond substituents is 1. The van der Waals surface area contributed by atoms with Crippen molar-refractivity contribution in [2.45, 2.75) is 110 Å². The molecule has 3 aromatic rings. The zero-order valence-corrected chi connectivity index (χ0v) is 33.3. The van der Waals surface area contributed by atoms with Crippen LogP contribution in [0.4, 0.5) is 0 Å². The standard InChI is InChI=1S/C18H23O2P.C10H16O.C9H10O.C3H8.C2H6/c1-9-7-11(3)17(19)15(13(9)5)16-14(6)10(2)8-12(4)18(16)20-21;1-5-8-10(11-7-3)9(4)6-2;1-3-10-9-7-5-4-6-8(9)2;1-3-2;1-2/h7-8,19H,21H2,1-6H3;5-6,8H,2,7H2,1,3-4H3;6-7H,3H2,1-2H3;3H2,1-2H3;1-2H3/b;8-5-,10-9+;;;. The zero-order valence-electron chi connectivity index (χ0n) is 32.1. The van der Waals surface area contributed by atoms with Crippen LogP contribution in [0.2, 0.25) is 0 Å². The van der Waals surface area contributed by atoms with E-state index in [1.165, 1.54) is 17.5 Å². The van der Waals surface area contributed by atoms with Crippen molar-refractivity contribution in [1.82, 2.24) is 0 Å². The fourth-order valence-electron chi connectivity index (χ4n) is 4.35. The van der Waals surface area contributed by atoms with E-state index >= 15 is 0 Å². The second kappa shape index (κ2) is 25.4. The van der Waals surface area contributed by atoms with Gasteiger partial charge < -0.3 is 19.1 Å². The summed E-state index contributed by atoms with van der Waals surface area (Å²) in [5, 5.41) is 10.6. The molecule has 0 radical (unpaired) electrons. The van der Waals surface area contributed by atoms with E-state index in [1.54, 1.807) is 12.1 Å². The van der Waals surface area contributed by atoms with Crippen LogP contribution in [-0.4, -0.2) is 18.3 Å². The summed E-state index contributed by atoms with van der Waals surface area (Å²) in [6.07, 6.45) is 6.95. The molecule has 3 aromatic carbocycles. The van der Waals surface area contributed by atoms with Crippen molar-refractivity contribution < 1.29 is 19.1 Å². The monoisotopic (exact) mass is 662 g/mol. The van der Waals surface area contributed by atoms with Gasteiger partial charge in [0.2, 0.25) is 0 Å². The van der Waals surface area contributed by atoms with Gasteiger partial charge in [-0.2, -0.15) is 0 Å². The topological polar surface area (TPSA) is 47.9 Å². The van der Waals surface area contributed by atoms with E-state index in [2.05, 4.69) is 68.9 Å². The molecule has 0 aliphatic rings. The van der Waals surface area contributed by atoms with Crippen LogP contribution in [0, 0.1) is 60.6 Å². The van der Waals surface area contributed by atoms with Gasteiger partial charge in [0.25, 0.3) is 0 Å². The molecule has 0 aliphatic carbocycles. The summed E-state index contributed by atoms with van der Waals surface area (Å²) >= 11 is 0. The molecular formula is C42H63O4P. The van der Waals surface area contributed by atoms with E-state index < -0.39 is 0 Å². The summed E-state index contributed by atoms with van der Waals surface area (Å²) in [7, 11) is 2.33. The minimum absolute atomic E-state index is 0.342. The molecule has 1 N–H and O–H groups in total. The van der Waals surface area contributed by atoms with Crippen molar-refractivity contribution in [3.8, 4) is 28.4 Å². The van der Waals surface area contributed by atoms with E-state index in [9.17, 15) is 5.11 Å². The van der Waals surface area contributed by atoms with Gasteiger partial charge in [-0.1, -0.05) is 77.1 Å². The lowest BCUT2D eigenvalue weighted by molar-refractivity contribution is 0.240. The minimum Gasteiger partial charge on any atom is -0.507 e. The van der Waals surface area contributed by atoms with Crippen molar-refractivity contribution in [3.05, 3.63) is 111 Å². The molecule has 0 saturated heterocycles. The summed E-state index contributed by atoms with van der Waals surface area (Å²) in [4.78, 5) is 0. The molecule has 47 heavy (non-hydrogen) atoms. The molecule has 4 nitrogen and oxygen atoms in total. The summed E-state index contributed by atoms with van der Waals surface area (Å²) < 4.78 is 16.2. The third kappa shape index (κ3) is 14.7. The van der Waals surface area contributed by atoms with Gasteiger partial charge in [-0.15, -0.1) is 0 Å². The molecular weight excluding hydrogens is 599 g/mol. The van der Waals surface area contributed by atoms with E-state index in [0.29, 0.717) is 19.0 Å². The maximum atomic E-state index is 10.6. The molecule has 1 atom stereocenters. The van der Waals surface area contributed by atoms with Gasteiger partial charge >= 0.3 is 0 Å². The fourth-order valence-corrected chi connectivity index (χ4v) is 4.65. The Morgan fingerprint density at radius 3 is 1.77 bits per heavy atom. The van der Waals surface area contributed by atoms with Crippen molar-refractivity contribution >= 4 is 9.47 Å². The molecule has 0 heterocycles. The van der Waals surface area contributed by atoms with E-state index in [4.69, 9.17) is 14.0 Å². The highest BCUT2D eigenvalue weighted by Gasteiger charge is 2.21. The first-order valence-electron chi connectivity index (χ1n) is 16.7. The molecule has 0 bridgehead atoms. The van der Waals surface area contributed by atoms with Crippen LogP contribution in [0.1, 0.15) is 101 Å². The molecule has 0 aliphatic heterocycles. The number of hydrogen-bond donors (Lipinski definition) is 1. The van der Waals surface area contributed by atoms with Gasteiger partial charge in [0.1, 0.15) is 23.0 Å². The van der Waals surface area contributed by atoms with E-state index in [-0.39, 0.29) is 0 Å². The molecule has 0 aromatic heterocycles. The van der Waals surface area contributed by atoms with Crippen LogP contribution < -0.4 is 9.26 Å². The zero-order chi connectivity index (χ0) is 36.7. The van der Waals surface area contributed by atoms with Crippen molar-refractivity contribution in [2.24, 2.45) is 0 Å². The Balaban J connectivity index is 0. The lowest BCUT2D eigenvalue weighted by Crippen LogP contribution is -1.98. The lowest BCUT2D eigenvalue weighted by atomic mass is 9.87. The predicted octanol–water partition coefficient (Wildman–Crippen LogP) is 12.6. The molecule has 0 amide bonds. The highest BCUT2D eigenvalue weighted by atomic mass is 31.0. The second-order valence-electron chi connectivity index (χ2n) is 10.8. The maximum absolute atomic E-state index is 10.6. The Hall–Kier alpha value is -3.67. The fraction of sp³-hybridized carbons (Fsp3) is 0.429. The highest BCUT2D eigenvalue weighted by Crippen LogP contribution is 2.45. The molecule has 0 spiro atoms. The van der Waals surface area contributed by atoms with Gasteiger partial charge in [-0.05, 0) is 127 Å². The number of phenols is 1. The number of allylic oxidation sites excluding steroid dienone is 4. The van der Waals surface area contributed by atoms with Gasteiger partial charge in [0, 0.05) is 22.8 Å². The molecule has 1 unspecified atom stereocenters. The first-order valence-corrected chi connectivity index (χ1v) is 17.2. The molecule has 0 saturated carbocycles. The Morgan fingerprint density at radius 2 is 1.32 bits per heavy atom. The van der Waals surface area contributed by atoms with Crippen LogP contribution in [0.5, 0.6) is 17.2 Å². The third-order valence-corrected chi connectivity index (χ3v) is 7.17. The van der Waals surface area contributed by atoms with E-state index in [0.717, 1.165) is 61.8 Å². The number of aryl methyl sites for hydroxylation is 5. The quantitative estimate of drug-likeness (QED) is 0.148. The molecule has 260 valence electrons. The number of rotatable bonds is 8.